The van der Waals surface area contributed by atoms with Crippen LogP contribution in [0.3, 0.4) is 0 Å². The number of benzene rings is 1. The Morgan fingerprint density at radius 2 is 2.20 bits per heavy atom. The average Bonchev–Trinajstić information content (AvgIpc) is 2.95. The molecule has 1 aromatic heterocycles. The summed E-state index contributed by atoms with van der Waals surface area (Å²) in [5.41, 5.74) is 1.75. The standard InChI is InChI=1S/C13H12BrCl2N3O/c14-8-1-2-9(13(16)12(8)15)19-7-18-5-10(19)11-6-17-3-4-20-11/h1-2,5,7,11,17H,3-4,6H2. The molecule has 1 saturated heterocycles. The summed E-state index contributed by atoms with van der Waals surface area (Å²) in [5.74, 6) is 0. The molecule has 4 nitrogen and oxygen atoms in total. The second-order valence-corrected chi connectivity index (χ2v) is 6.06. The Bertz CT molecular complexity index is 626. The minimum atomic E-state index is -0.0373. The zero-order chi connectivity index (χ0) is 14.1. The van der Waals surface area contributed by atoms with E-state index < -0.39 is 0 Å². The van der Waals surface area contributed by atoms with Gasteiger partial charge in [0.15, 0.2) is 0 Å². The van der Waals surface area contributed by atoms with Gasteiger partial charge in [-0.25, -0.2) is 4.98 Å². The second-order valence-electron chi connectivity index (χ2n) is 4.45. The van der Waals surface area contributed by atoms with E-state index in [9.17, 15) is 0 Å². The van der Waals surface area contributed by atoms with Crippen LogP contribution >= 0.6 is 39.1 Å². The molecule has 1 N–H and O–H groups in total. The van der Waals surface area contributed by atoms with Gasteiger partial charge in [0.25, 0.3) is 0 Å². The fraction of sp³-hybridized carbons (Fsp3) is 0.308. The average molecular weight is 377 g/mol. The van der Waals surface area contributed by atoms with Crippen LogP contribution in [0.25, 0.3) is 5.69 Å². The van der Waals surface area contributed by atoms with Crippen molar-refractivity contribution >= 4 is 39.1 Å². The number of imidazole rings is 1. The monoisotopic (exact) mass is 375 g/mol. The number of nitrogens with one attached hydrogen (secondary N) is 1. The van der Waals surface area contributed by atoms with Crippen LogP contribution in [-0.4, -0.2) is 29.2 Å². The van der Waals surface area contributed by atoms with Gasteiger partial charge in [0, 0.05) is 17.6 Å². The number of ether oxygens (including phenoxy) is 1. The quantitative estimate of drug-likeness (QED) is 0.814. The van der Waals surface area contributed by atoms with Crippen molar-refractivity contribution in [2.24, 2.45) is 0 Å². The van der Waals surface area contributed by atoms with E-state index in [1.807, 2.05) is 16.7 Å². The highest BCUT2D eigenvalue weighted by Crippen LogP contribution is 2.36. The summed E-state index contributed by atoms with van der Waals surface area (Å²) < 4.78 is 8.45. The van der Waals surface area contributed by atoms with E-state index in [1.54, 1.807) is 12.5 Å². The van der Waals surface area contributed by atoms with Crippen LogP contribution in [0.15, 0.2) is 29.1 Å². The number of hydrogen-bond acceptors (Lipinski definition) is 3. The smallest absolute Gasteiger partial charge is 0.112 e. The number of hydrogen-bond donors (Lipinski definition) is 1. The molecule has 1 fully saturated rings. The molecule has 0 saturated carbocycles. The summed E-state index contributed by atoms with van der Waals surface area (Å²) in [4.78, 5) is 4.21. The molecule has 7 heteroatoms. The largest absolute Gasteiger partial charge is 0.369 e. The van der Waals surface area contributed by atoms with Crippen LogP contribution in [0, 0.1) is 0 Å². The van der Waals surface area contributed by atoms with Crippen molar-refractivity contribution in [2.75, 3.05) is 19.7 Å². The normalized spacial score (nSPS) is 19.2. The molecule has 20 heavy (non-hydrogen) atoms. The fourth-order valence-corrected chi connectivity index (χ4v) is 3.06. The molecule has 0 amide bonds. The maximum Gasteiger partial charge on any atom is 0.112 e. The third-order valence-electron chi connectivity index (χ3n) is 3.20. The van der Waals surface area contributed by atoms with Crippen LogP contribution in [0.5, 0.6) is 0 Å². The lowest BCUT2D eigenvalue weighted by atomic mass is 10.2. The minimum absolute atomic E-state index is 0.0373. The molecule has 106 valence electrons. The van der Waals surface area contributed by atoms with E-state index in [2.05, 4.69) is 26.2 Å². The number of nitrogens with zero attached hydrogens (tertiary/aromatic N) is 2. The van der Waals surface area contributed by atoms with E-state index in [0.29, 0.717) is 16.7 Å². The first-order valence-electron chi connectivity index (χ1n) is 6.17. The molecule has 2 heterocycles. The number of rotatable bonds is 2. The second kappa shape index (κ2) is 6.03. The van der Waals surface area contributed by atoms with E-state index >= 15 is 0 Å². The van der Waals surface area contributed by atoms with Crippen molar-refractivity contribution in [1.82, 2.24) is 14.9 Å². The van der Waals surface area contributed by atoms with Gasteiger partial charge in [-0.05, 0) is 28.1 Å². The Morgan fingerprint density at radius 3 is 2.95 bits per heavy atom. The van der Waals surface area contributed by atoms with E-state index in [4.69, 9.17) is 27.9 Å². The van der Waals surface area contributed by atoms with Gasteiger partial charge in [-0.15, -0.1) is 0 Å². The highest BCUT2D eigenvalue weighted by molar-refractivity contribution is 9.10. The molecular formula is C13H12BrCl2N3O. The van der Waals surface area contributed by atoms with Gasteiger partial charge in [-0.2, -0.15) is 0 Å². The first-order valence-corrected chi connectivity index (χ1v) is 7.72. The summed E-state index contributed by atoms with van der Waals surface area (Å²) >= 11 is 15.9. The number of aromatic nitrogens is 2. The van der Waals surface area contributed by atoms with Crippen molar-refractivity contribution in [3.63, 3.8) is 0 Å². The van der Waals surface area contributed by atoms with Gasteiger partial charge >= 0.3 is 0 Å². The van der Waals surface area contributed by atoms with E-state index in [0.717, 1.165) is 28.9 Å². The molecule has 1 aromatic carbocycles. The molecule has 0 radical (unpaired) electrons. The van der Waals surface area contributed by atoms with Gasteiger partial charge in [-0.3, -0.25) is 4.57 Å². The molecule has 3 rings (SSSR count). The first-order chi connectivity index (χ1) is 9.68. The van der Waals surface area contributed by atoms with E-state index in [1.165, 1.54) is 0 Å². The predicted octanol–water partition coefficient (Wildman–Crippen LogP) is 3.60. The Balaban J connectivity index is 2.03. The van der Waals surface area contributed by atoms with Crippen molar-refractivity contribution in [1.29, 1.82) is 0 Å². The van der Waals surface area contributed by atoms with Gasteiger partial charge in [0.2, 0.25) is 0 Å². The molecule has 2 aromatic rings. The molecule has 0 spiro atoms. The zero-order valence-electron chi connectivity index (χ0n) is 10.4. The third-order valence-corrected chi connectivity index (χ3v) is 4.96. The summed E-state index contributed by atoms with van der Waals surface area (Å²) in [6, 6.07) is 3.77. The molecular weight excluding hydrogens is 365 g/mol. The molecule has 1 aliphatic heterocycles. The molecule has 1 atom stereocenters. The summed E-state index contributed by atoms with van der Waals surface area (Å²) in [6.45, 7) is 2.31. The van der Waals surface area contributed by atoms with Crippen molar-refractivity contribution in [3.8, 4) is 5.69 Å². The fourth-order valence-electron chi connectivity index (χ4n) is 2.20. The third kappa shape index (κ3) is 2.61. The number of halogens is 3. The van der Waals surface area contributed by atoms with Gasteiger partial charge in [0.1, 0.15) is 6.10 Å². The van der Waals surface area contributed by atoms with Crippen LogP contribution in [0.4, 0.5) is 0 Å². The maximum atomic E-state index is 6.33. The van der Waals surface area contributed by atoms with Crippen LogP contribution < -0.4 is 5.32 Å². The Hall–Kier alpha value is -0.590. The lowest BCUT2D eigenvalue weighted by Gasteiger charge is -2.24. The summed E-state index contributed by atoms with van der Waals surface area (Å²) in [5, 5.41) is 4.29. The predicted molar refractivity (Wildman–Crippen MR) is 82.8 cm³/mol. The Labute approximate surface area is 135 Å². The number of morpholine rings is 1. The van der Waals surface area contributed by atoms with Crippen molar-refractivity contribution in [3.05, 3.63) is 44.9 Å². The Morgan fingerprint density at radius 1 is 1.35 bits per heavy atom. The van der Waals surface area contributed by atoms with E-state index in [-0.39, 0.29) is 6.10 Å². The highest BCUT2D eigenvalue weighted by Gasteiger charge is 2.21. The van der Waals surface area contributed by atoms with Gasteiger partial charge in [0.05, 0.1) is 40.6 Å². The summed E-state index contributed by atoms with van der Waals surface area (Å²) in [7, 11) is 0. The van der Waals surface area contributed by atoms with Crippen molar-refractivity contribution < 1.29 is 4.74 Å². The SMILES string of the molecule is Clc1c(Br)ccc(-n2cncc2C2CNCCO2)c1Cl. The molecule has 0 aliphatic carbocycles. The van der Waals surface area contributed by atoms with Gasteiger partial charge in [-0.1, -0.05) is 23.2 Å². The maximum absolute atomic E-state index is 6.33. The topological polar surface area (TPSA) is 39.1 Å². The molecule has 0 bridgehead atoms. The van der Waals surface area contributed by atoms with Gasteiger partial charge < -0.3 is 10.1 Å². The first kappa shape index (κ1) is 14.4. The summed E-state index contributed by atoms with van der Waals surface area (Å²) in [6.07, 6.45) is 3.48. The highest BCUT2D eigenvalue weighted by atomic mass is 79.9. The van der Waals surface area contributed by atoms with Crippen LogP contribution in [0.2, 0.25) is 10.0 Å². The Kier molecular flexibility index (Phi) is 4.33. The van der Waals surface area contributed by atoms with Crippen LogP contribution in [-0.2, 0) is 4.74 Å². The molecule has 1 unspecified atom stereocenters. The minimum Gasteiger partial charge on any atom is -0.369 e. The lowest BCUT2D eigenvalue weighted by Crippen LogP contribution is -2.34. The van der Waals surface area contributed by atoms with Crippen molar-refractivity contribution in [2.45, 2.75) is 6.10 Å². The lowest BCUT2D eigenvalue weighted by molar-refractivity contribution is 0.0240. The zero-order valence-corrected chi connectivity index (χ0v) is 13.5. The van der Waals surface area contributed by atoms with Crippen LogP contribution in [0.1, 0.15) is 11.8 Å². The molecule has 1 aliphatic rings.